The van der Waals surface area contributed by atoms with Gasteiger partial charge in [0.2, 0.25) is 0 Å². The highest BCUT2D eigenvalue weighted by atomic mass is 15.1. The van der Waals surface area contributed by atoms with Gasteiger partial charge in [0, 0.05) is 6.54 Å². The Hall–Kier alpha value is -0.860. The van der Waals surface area contributed by atoms with E-state index >= 15 is 0 Å². The van der Waals surface area contributed by atoms with Crippen LogP contribution in [0.5, 0.6) is 0 Å². The van der Waals surface area contributed by atoms with Gasteiger partial charge in [-0.15, -0.1) is 0 Å². The second-order valence-corrected chi connectivity index (χ2v) is 6.48. The lowest BCUT2D eigenvalue weighted by molar-refractivity contribution is 0.190. The van der Waals surface area contributed by atoms with Gasteiger partial charge in [0.25, 0.3) is 0 Å². The summed E-state index contributed by atoms with van der Waals surface area (Å²) in [6.07, 6.45) is 5.52. The van der Waals surface area contributed by atoms with Gasteiger partial charge < -0.3 is 10.2 Å². The number of benzene rings is 1. The van der Waals surface area contributed by atoms with Crippen molar-refractivity contribution < 1.29 is 0 Å². The highest BCUT2D eigenvalue weighted by Crippen LogP contribution is 2.41. The van der Waals surface area contributed by atoms with Gasteiger partial charge in [0.1, 0.15) is 0 Å². The molecule has 110 valence electrons. The number of hydrogen-bond acceptors (Lipinski definition) is 2. The van der Waals surface area contributed by atoms with Gasteiger partial charge in [-0.25, -0.2) is 0 Å². The van der Waals surface area contributed by atoms with Crippen LogP contribution >= 0.6 is 0 Å². The molecule has 1 saturated carbocycles. The van der Waals surface area contributed by atoms with Crippen LogP contribution in [0.3, 0.4) is 0 Å². The molecule has 0 amide bonds. The third kappa shape index (κ3) is 3.62. The van der Waals surface area contributed by atoms with E-state index in [0.29, 0.717) is 0 Å². The van der Waals surface area contributed by atoms with E-state index in [1.165, 1.54) is 57.4 Å². The van der Waals surface area contributed by atoms with Crippen molar-refractivity contribution in [3.63, 3.8) is 0 Å². The van der Waals surface area contributed by atoms with Crippen LogP contribution < -0.4 is 5.32 Å². The lowest BCUT2D eigenvalue weighted by Gasteiger charge is -2.31. The van der Waals surface area contributed by atoms with Crippen molar-refractivity contribution in [1.82, 2.24) is 10.2 Å². The molecule has 0 unspecified atom stereocenters. The molecule has 1 saturated heterocycles. The van der Waals surface area contributed by atoms with Crippen LogP contribution in [0.4, 0.5) is 0 Å². The van der Waals surface area contributed by atoms with Crippen molar-refractivity contribution in [3.05, 3.63) is 35.4 Å². The molecule has 20 heavy (non-hydrogen) atoms. The predicted molar refractivity (Wildman–Crippen MR) is 85.0 cm³/mol. The Kier molecular flexibility index (Phi) is 4.74. The SMILES string of the molecule is CCN1CCC(CNCc2ccccc2C2CC2)CC1. The summed E-state index contributed by atoms with van der Waals surface area (Å²) in [6.45, 7) is 8.32. The second kappa shape index (κ2) is 6.73. The molecule has 1 aromatic rings. The highest BCUT2D eigenvalue weighted by Gasteiger charge is 2.25. The predicted octanol–water partition coefficient (Wildman–Crippen LogP) is 3.39. The summed E-state index contributed by atoms with van der Waals surface area (Å²) in [5.41, 5.74) is 3.13. The molecule has 1 heterocycles. The number of nitrogens with one attached hydrogen (secondary N) is 1. The number of piperidine rings is 1. The summed E-state index contributed by atoms with van der Waals surface area (Å²) in [4.78, 5) is 2.57. The van der Waals surface area contributed by atoms with E-state index in [1.54, 1.807) is 5.56 Å². The Morgan fingerprint density at radius 2 is 1.85 bits per heavy atom. The van der Waals surface area contributed by atoms with E-state index in [4.69, 9.17) is 0 Å². The average molecular weight is 272 g/mol. The van der Waals surface area contributed by atoms with E-state index in [-0.39, 0.29) is 0 Å². The minimum Gasteiger partial charge on any atom is -0.312 e. The van der Waals surface area contributed by atoms with Crippen molar-refractivity contribution in [2.75, 3.05) is 26.2 Å². The monoisotopic (exact) mass is 272 g/mol. The van der Waals surface area contributed by atoms with Gasteiger partial charge >= 0.3 is 0 Å². The largest absolute Gasteiger partial charge is 0.312 e. The van der Waals surface area contributed by atoms with Gasteiger partial charge in [-0.3, -0.25) is 0 Å². The Labute approximate surface area is 123 Å². The number of rotatable bonds is 6. The Morgan fingerprint density at radius 1 is 1.10 bits per heavy atom. The van der Waals surface area contributed by atoms with E-state index in [0.717, 1.165) is 18.4 Å². The Balaban J connectivity index is 1.44. The molecule has 2 fully saturated rings. The van der Waals surface area contributed by atoms with E-state index in [2.05, 4.69) is 41.4 Å². The first-order chi connectivity index (χ1) is 9.86. The first-order valence-corrected chi connectivity index (χ1v) is 8.37. The van der Waals surface area contributed by atoms with Crippen molar-refractivity contribution in [2.24, 2.45) is 5.92 Å². The summed E-state index contributed by atoms with van der Waals surface area (Å²) in [6, 6.07) is 9.01. The third-order valence-electron chi connectivity index (χ3n) is 4.98. The maximum Gasteiger partial charge on any atom is 0.0208 e. The summed E-state index contributed by atoms with van der Waals surface area (Å²) >= 11 is 0. The van der Waals surface area contributed by atoms with Gasteiger partial charge in [0.05, 0.1) is 0 Å². The van der Waals surface area contributed by atoms with Gasteiger partial charge in [-0.05, 0) is 74.8 Å². The molecule has 1 aliphatic heterocycles. The summed E-state index contributed by atoms with van der Waals surface area (Å²) < 4.78 is 0. The molecule has 1 aromatic carbocycles. The second-order valence-electron chi connectivity index (χ2n) is 6.48. The van der Waals surface area contributed by atoms with Crippen molar-refractivity contribution in [1.29, 1.82) is 0 Å². The van der Waals surface area contributed by atoms with Crippen LogP contribution in [-0.2, 0) is 6.54 Å². The zero-order valence-corrected chi connectivity index (χ0v) is 12.8. The lowest BCUT2D eigenvalue weighted by Crippen LogP contribution is -2.37. The topological polar surface area (TPSA) is 15.3 Å². The van der Waals surface area contributed by atoms with Gasteiger partial charge in [-0.1, -0.05) is 31.2 Å². The first kappa shape index (κ1) is 14.1. The molecule has 1 aliphatic carbocycles. The van der Waals surface area contributed by atoms with Crippen LogP contribution in [0.1, 0.15) is 49.7 Å². The van der Waals surface area contributed by atoms with Gasteiger partial charge in [-0.2, -0.15) is 0 Å². The zero-order chi connectivity index (χ0) is 13.8. The summed E-state index contributed by atoms with van der Waals surface area (Å²) in [5.74, 6) is 1.74. The van der Waals surface area contributed by atoms with E-state index in [9.17, 15) is 0 Å². The van der Waals surface area contributed by atoms with Crippen molar-refractivity contribution >= 4 is 0 Å². The molecule has 1 N–H and O–H groups in total. The third-order valence-corrected chi connectivity index (χ3v) is 4.98. The molecule has 2 heteroatoms. The molecule has 3 rings (SSSR count). The van der Waals surface area contributed by atoms with E-state index < -0.39 is 0 Å². The first-order valence-electron chi connectivity index (χ1n) is 8.37. The van der Waals surface area contributed by atoms with Crippen molar-refractivity contribution in [3.8, 4) is 0 Å². The highest BCUT2D eigenvalue weighted by molar-refractivity contribution is 5.33. The van der Waals surface area contributed by atoms with Crippen LogP contribution in [-0.4, -0.2) is 31.1 Å². The fraction of sp³-hybridized carbons (Fsp3) is 0.667. The molecule has 2 aliphatic rings. The number of hydrogen-bond donors (Lipinski definition) is 1. The number of nitrogens with zero attached hydrogens (tertiary/aromatic N) is 1. The molecule has 0 aromatic heterocycles. The zero-order valence-electron chi connectivity index (χ0n) is 12.8. The quantitative estimate of drug-likeness (QED) is 0.854. The molecule has 0 radical (unpaired) electrons. The maximum absolute atomic E-state index is 3.71. The molecular weight excluding hydrogens is 244 g/mol. The van der Waals surface area contributed by atoms with Gasteiger partial charge in [0.15, 0.2) is 0 Å². The van der Waals surface area contributed by atoms with Crippen LogP contribution in [0.15, 0.2) is 24.3 Å². The molecule has 0 atom stereocenters. The molecule has 2 nitrogen and oxygen atoms in total. The lowest BCUT2D eigenvalue weighted by atomic mass is 9.96. The van der Waals surface area contributed by atoms with Crippen molar-refractivity contribution in [2.45, 2.75) is 45.1 Å². The summed E-state index contributed by atoms with van der Waals surface area (Å²) in [5, 5.41) is 3.71. The fourth-order valence-electron chi connectivity index (χ4n) is 3.41. The molecule has 0 spiro atoms. The normalized spacial score (nSPS) is 21.2. The number of likely N-dealkylation sites (tertiary alicyclic amines) is 1. The fourth-order valence-corrected chi connectivity index (χ4v) is 3.41. The summed E-state index contributed by atoms with van der Waals surface area (Å²) in [7, 11) is 0. The van der Waals surface area contributed by atoms with Crippen LogP contribution in [0.25, 0.3) is 0 Å². The van der Waals surface area contributed by atoms with Crippen LogP contribution in [0.2, 0.25) is 0 Å². The smallest absolute Gasteiger partial charge is 0.0208 e. The average Bonchev–Trinajstić information content (AvgIpc) is 3.33. The van der Waals surface area contributed by atoms with Crippen LogP contribution in [0, 0.1) is 5.92 Å². The minimum absolute atomic E-state index is 0.862. The standard InChI is InChI=1S/C18H28N2/c1-2-20-11-9-15(10-12-20)13-19-14-17-5-3-4-6-18(17)16-7-8-16/h3-6,15-16,19H,2,7-14H2,1H3. The maximum atomic E-state index is 3.71. The van der Waals surface area contributed by atoms with E-state index in [1.807, 2.05) is 0 Å². The Bertz CT molecular complexity index is 417. The molecule has 0 bridgehead atoms. The molecular formula is C18H28N2. The Morgan fingerprint density at radius 3 is 2.55 bits per heavy atom. The minimum atomic E-state index is 0.862.